The predicted molar refractivity (Wildman–Crippen MR) is 65.2 cm³/mol. The first-order valence-electron chi connectivity index (χ1n) is 5.21. The van der Waals surface area contributed by atoms with Crippen LogP contribution in [0.1, 0.15) is 12.8 Å². The molecule has 1 aliphatic carbocycles. The second-order valence-corrected chi connectivity index (χ2v) is 5.07. The summed E-state index contributed by atoms with van der Waals surface area (Å²) in [5.41, 5.74) is 1.56. The maximum atomic E-state index is 11.8. The van der Waals surface area contributed by atoms with Crippen LogP contribution in [-0.4, -0.2) is 11.9 Å². The Morgan fingerprint density at radius 3 is 2.38 bits per heavy atom. The van der Waals surface area contributed by atoms with Crippen molar-refractivity contribution in [2.45, 2.75) is 18.9 Å². The van der Waals surface area contributed by atoms with E-state index in [9.17, 15) is 4.79 Å². The van der Waals surface area contributed by atoms with Gasteiger partial charge in [0.15, 0.2) is 0 Å². The highest BCUT2D eigenvalue weighted by Crippen LogP contribution is 2.40. The standard InChI is InChI=1S/C11H10Cl2N2O/c12-6-3-8-9(4-7(6)13)15-11(16)10(14-8)5-1-2-5/h3-5,10,14H,1-2H2,(H,15,16). The second-order valence-electron chi connectivity index (χ2n) is 4.26. The number of carbonyl (C=O) groups excluding carboxylic acids is 1. The molecule has 1 heterocycles. The van der Waals surface area contributed by atoms with Crippen LogP contribution in [0.25, 0.3) is 0 Å². The molecule has 3 rings (SSSR count). The van der Waals surface area contributed by atoms with E-state index in [1.165, 1.54) is 0 Å². The first kappa shape index (κ1) is 10.2. The predicted octanol–water partition coefficient (Wildman–Crippen LogP) is 3.14. The minimum atomic E-state index is -0.121. The fraction of sp³-hybridized carbons (Fsp3) is 0.364. The van der Waals surface area contributed by atoms with E-state index in [-0.39, 0.29) is 11.9 Å². The molecular weight excluding hydrogens is 247 g/mol. The molecule has 1 aromatic carbocycles. The molecule has 0 spiro atoms. The largest absolute Gasteiger partial charge is 0.372 e. The minimum absolute atomic E-state index is 0.0217. The molecular formula is C11H10Cl2N2O. The van der Waals surface area contributed by atoms with Crippen molar-refractivity contribution in [3.8, 4) is 0 Å². The quantitative estimate of drug-likeness (QED) is 0.811. The molecule has 0 saturated heterocycles. The van der Waals surface area contributed by atoms with E-state index in [2.05, 4.69) is 10.6 Å². The van der Waals surface area contributed by atoms with E-state index < -0.39 is 0 Å². The van der Waals surface area contributed by atoms with Gasteiger partial charge in [0.2, 0.25) is 5.91 Å². The van der Waals surface area contributed by atoms with E-state index >= 15 is 0 Å². The third-order valence-corrected chi connectivity index (χ3v) is 3.73. The Morgan fingerprint density at radius 2 is 1.75 bits per heavy atom. The molecule has 2 N–H and O–H groups in total. The Balaban J connectivity index is 1.98. The number of nitrogens with one attached hydrogen (secondary N) is 2. The zero-order valence-electron chi connectivity index (χ0n) is 8.39. The van der Waals surface area contributed by atoms with Crippen LogP contribution in [0, 0.1) is 5.92 Å². The van der Waals surface area contributed by atoms with Crippen LogP contribution in [-0.2, 0) is 4.79 Å². The van der Waals surface area contributed by atoms with Gasteiger partial charge >= 0.3 is 0 Å². The van der Waals surface area contributed by atoms with Crippen LogP contribution >= 0.6 is 23.2 Å². The van der Waals surface area contributed by atoms with Crippen molar-refractivity contribution in [3.05, 3.63) is 22.2 Å². The lowest BCUT2D eigenvalue weighted by atomic mass is 10.1. The summed E-state index contributed by atoms with van der Waals surface area (Å²) in [6.07, 6.45) is 2.23. The Morgan fingerprint density at radius 1 is 1.12 bits per heavy atom. The van der Waals surface area contributed by atoms with Crippen molar-refractivity contribution in [2.24, 2.45) is 5.92 Å². The average Bonchev–Trinajstić information content (AvgIpc) is 3.03. The van der Waals surface area contributed by atoms with E-state index in [0.29, 0.717) is 21.7 Å². The summed E-state index contributed by atoms with van der Waals surface area (Å²) < 4.78 is 0. The molecule has 2 aliphatic rings. The molecule has 1 aromatic rings. The van der Waals surface area contributed by atoms with Crippen LogP contribution < -0.4 is 10.6 Å². The van der Waals surface area contributed by atoms with Crippen LogP contribution in [0.15, 0.2) is 12.1 Å². The number of hydrogen-bond donors (Lipinski definition) is 2. The van der Waals surface area contributed by atoms with Crippen molar-refractivity contribution in [2.75, 3.05) is 10.6 Å². The summed E-state index contributed by atoms with van der Waals surface area (Å²) in [4.78, 5) is 11.8. The first-order chi connectivity index (χ1) is 7.65. The lowest BCUT2D eigenvalue weighted by Crippen LogP contribution is -2.40. The van der Waals surface area contributed by atoms with Crippen molar-refractivity contribution < 1.29 is 4.79 Å². The van der Waals surface area contributed by atoms with Gasteiger partial charge in [-0.15, -0.1) is 0 Å². The molecule has 1 unspecified atom stereocenters. The summed E-state index contributed by atoms with van der Waals surface area (Å²) in [6.45, 7) is 0. The monoisotopic (exact) mass is 256 g/mol. The summed E-state index contributed by atoms with van der Waals surface area (Å²) in [5.74, 6) is 0.482. The summed E-state index contributed by atoms with van der Waals surface area (Å²) in [7, 11) is 0. The number of carbonyl (C=O) groups is 1. The molecule has 5 heteroatoms. The van der Waals surface area contributed by atoms with Crippen molar-refractivity contribution in [1.82, 2.24) is 0 Å². The topological polar surface area (TPSA) is 41.1 Å². The normalized spacial score (nSPS) is 23.4. The third kappa shape index (κ3) is 1.64. The Bertz CT molecular complexity index is 471. The number of rotatable bonds is 1. The van der Waals surface area contributed by atoms with Gasteiger partial charge in [0.05, 0.1) is 21.4 Å². The zero-order valence-corrected chi connectivity index (χ0v) is 9.90. The van der Waals surface area contributed by atoms with Gasteiger partial charge in [0, 0.05) is 0 Å². The molecule has 84 valence electrons. The molecule has 0 radical (unpaired) electrons. The summed E-state index contributed by atoms with van der Waals surface area (Å²) >= 11 is 11.8. The van der Waals surface area contributed by atoms with Gasteiger partial charge in [-0.2, -0.15) is 0 Å². The number of hydrogen-bond acceptors (Lipinski definition) is 2. The number of halogens is 2. The molecule has 1 saturated carbocycles. The van der Waals surface area contributed by atoms with Gasteiger partial charge in [-0.05, 0) is 30.9 Å². The maximum absolute atomic E-state index is 11.8. The van der Waals surface area contributed by atoms with E-state index in [1.807, 2.05) is 0 Å². The van der Waals surface area contributed by atoms with Gasteiger partial charge < -0.3 is 10.6 Å². The highest BCUT2D eigenvalue weighted by atomic mass is 35.5. The molecule has 1 fully saturated rings. The van der Waals surface area contributed by atoms with Gasteiger partial charge in [-0.1, -0.05) is 23.2 Å². The van der Waals surface area contributed by atoms with E-state index in [1.54, 1.807) is 12.1 Å². The molecule has 0 bridgehead atoms. The summed E-state index contributed by atoms with van der Waals surface area (Å²) in [5, 5.41) is 7.03. The highest BCUT2D eigenvalue weighted by Gasteiger charge is 2.38. The van der Waals surface area contributed by atoms with Crippen LogP contribution in [0.2, 0.25) is 10.0 Å². The first-order valence-corrected chi connectivity index (χ1v) is 5.97. The van der Waals surface area contributed by atoms with Crippen molar-refractivity contribution in [3.63, 3.8) is 0 Å². The molecule has 1 atom stereocenters. The fourth-order valence-electron chi connectivity index (χ4n) is 1.97. The lowest BCUT2D eigenvalue weighted by Gasteiger charge is -2.27. The van der Waals surface area contributed by atoms with Crippen LogP contribution in [0.3, 0.4) is 0 Å². The Hall–Kier alpha value is -0.930. The minimum Gasteiger partial charge on any atom is -0.372 e. The lowest BCUT2D eigenvalue weighted by molar-refractivity contribution is -0.117. The number of benzene rings is 1. The maximum Gasteiger partial charge on any atom is 0.247 e. The van der Waals surface area contributed by atoms with Gasteiger partial charge in [-0.25, -0.2) is 0 Å². The number of anilines is 2. The SMILES string of the molecule is O=C1Nc2cc(Cl)c(Cl)cc2NC1C1CC1. The van der Waals surface area contributed by atoms with Crippen LogP contribution in [0.5, 0.6) is 0 Å². The average molecular weight is 257 g/mol. The zero-order chi connectivity index (χ0) is 11.3. The van der Waals surface area contributed by atoms with Gasteiger partial charge in [-0.3, -0.25) is 4.79 Å². The van der Waals surface area contributed by atoms with Crippen molar-refractivity contribution >= 4 is 40.5 Å². The molecule has 1 amide bonds. The number of fused-ring (bicyclic) bond motifs is 1. The Kier molecular flexibility index (Phi) is 2.26. The van der Waals surface area contributed by atoms with Gasteiger partial charge in [0.25, 0.3) is 0 Å². The molecule has 3 nitrogen and oxygen atoms in total. The highest BCUT2D eigenvalue weighted by molar-refractivity contribution is 6.42. The molecule has 16 heavy (non-hydrogen) atoms. The Labute approximate surface area is 103 Å². The fourth-order valence-corrected chi connectivity index (χ4v) is 2.30. The third-order valence-electron chi connectivity index (χ3n) is 3.01. The second kappa shape index (κ2) is 3.54. The van der Waals surface area contributed by atoms with E-state index in [4.69, 9.17) is 23.2 Å². The van der Waals surface area contributed by atoms with Crippen molar-refractivity contribution in [1.29, 1.82) is 0 Å². The van der Waals surface area contributed by atoms with Crippen LogP contribution in [0.4, 0.5) is 11.4 Å². The smallest absolute Gasteiger partial charge is 0.247 e. The van der Waals surface area contributed by atoms with E-state index in [0.717, 1.165) is 18.5 Å². The summed E-state index contributed by atoms with van der Waals surface area (Å²) in [6, 6.07) is 3.31. The van der Waals surface area contributed by atoms with Gasteiger partial charge in [0.1, 0.15) is 6.04 Å². The molecule has 1 aliphatic heterocycles. The number of amides is 1. The molecule has 0 aromatic heterocycles.